The lowest BCUT2D eigenvalue weighted by atomic mass is 10.2. The van der Waals surface area contributed by atoms with Gasteiger partial charge in [-0.3, -0.25) is 4.79 Å². The van der Waals surface area contributed by atoms with Crippen molar-refractivity contribution in [1.82, 2.24) is 5.32 Å². The number of nitrogens with one attached hydrogen (secondary N) is 1. The molecule has 3 nitrogen and oxygen atoms in total. The maximum Gasteiger partial charge on any atom is 0.216 e. The van der Waals surface area contributed by atoms with Gasteiger partial charge in [0.15, 0.2) is 0 Å². The highest BCUT2D eigenvalue weighted by atomic mass is 32.2. The molecule has 104 valence electrons. The van der Waals surface area contributed by atoms with Gasteiger partial charge in [0, 0.05) is 43.2 Å². The van der Waals surface area contributed by atoms with E-state index in [2.05, 4.69) is 41.4 Å². The second kappa shape index (κ2) is 6.85. The molecule has 1 amide bonds. The second-order valence-electron chi connectivity index (χ2n) is 5.05. The van der Waals surface area contributed by atoms with Crippen molar-refractivity contribution in [3.05, 3.63) is 29.8 Å². The molecule has 0 radical (unpaired) electrons. The average Bonchev–Trinajstić information content (AvgIpc) is 2.83. The van der Waals surface area contributed by atoms with Crippen LogP contribution in [-0.2, 0) is 4.79 Å². The Bertz CT molecular complexity index is 436. The van der Waals surface area contributed by atoms with Gasteiger partial charge in [-0.2, -0.15) is 11.8 Å². The molecule has 1 aromatic carbocycles. The van der Waals surface area contributed by atoms with Gasteiger partial charge in [-0.1, -0.05) is 12.1 Å². The summed E-state index contributed by atoms with van der Waals surface area (Å²) in [5, 5.41) is 3.54. The summed E-state index contributed by atoms with van der Waals surface area (Å²) < 4.78 is 0. The minimum Gasteiger partial charge on any atom is -0.370 e. The zero-order valence-corrected chi connectivity index (χ0v) is 12.5. The van der Waals surface area contributed by atoms with Gasteiger partial charge in [0.2, 0.25) is 5.91 Å². The summed E-state index contributed by atoms with van der Waals surface area (Å²) >= 11 is 1.97. The summed E-state index contributed by atoms with van der Waals surface area (Å²) in [6.07, 6.45) is 1.23. The van der Waals surface area contributed by atoms with Gasteiger partial charge in [-0.05, 0) is 31.0 Å². The fourth-order valence-corrected chi connectivity index (χ4v) is 3.49. The van der Waals surface area contributed by atoms with Crippen LogP contribution in [0.2, 0.25) is 0 Å². The van der Waals surface area contributed by atoms with Crippen LogP contribution in [0.15, 0.2) is 24.3 Å². The highest BCUT2D eigenvalue weighted by Crippen LogP contribution is 2.27. The molecule has 1 fully saturated rings. The third-order valence-electron chi connectivity index (χ3n) is 3.34. The first-order valence-corrected chi connectivity index (χ1v) is 7.87. The number of carbonyl (C=O) groups excluding carboxylic acids is 1. The lowest BCUT2D eigenvalue weighted by Gasteiger charge is -2.19. The highest BCUT2D eigenvalue weighted by Gasteiger charge is 2.22. The molecule has 1 aromatic rings. The van der Waals surface area contributed by atoms with E-state index >= 15 is 0 Å². The molecular formula is C15H22N2OS. The number of hydrogen-bond donors (Lipinski definition) is 1. The summed E-state index contributed by atoms with van der Waals surface area (Å²) in [5.41, 5.74) is 2.66. The molecule has 0 aromatic heterocycles. The first kappa shape index (κ1) is 14.3. The molecule has 1 N–H and O–H groups in total. The maximum absolute atomic E-state index is 10.8. The molecule has 1 aliphatic rings. The topological polar surface area (TPSA) is 32.3 Å². The van der Waals surface area contributed by atoms with Crippen LogP contribution in [0.1, 0.15) is 18.9 Å². The third-order valence-corrected chi connectivity index (χ3v) is 4.64. The molecule has 1 atom stereocenters. The maximum atomic E-state index is 10.8. The van der Waals surface area contributed by atoms with Crippen LogP contribution in [0.4, 0.5) is 5.69 Å². The molecule has 4 heteroatoms. The van der Waals surface area contributed by atoms with Crippen LogP contribution in [0.5, 0.6) is 0 Å². The van der Waals surface area contributed by atoms with Gasteiger partial charge in [0.25, 0.3) is 0 Å². The Kier molecular flexibility index (Phi) is 5.14. The normalized spacial score (nSPS) is 18.6. The summed E-state index contributed by atoms with van der Waals surface area (Å²) in [7, 11) is 0. The first-order chi connectivity index (χ1) is 9.15. The van der Waals surface area contributed by atoms with Crippen molar-refractivity contribution in [2.24, 2.45) is 0 Å². The van der Waals surface area contributed by atoms with Gasteiger partial charge >= 0.3 is 0 Å². The summed E-state index contributed by atoms with van der Waals surface area (Å²) in [6.45, 7) is 6.75. The van der Waals surface area contributed by atoms with E-state index in [9.17, 15) is 4.79 Å². The number of thioether (sulfide) groups is 1. The molecule has 19 heavy (non-hydrogen) atoms. The number of hydrogen-bond acceptors (Lipinski definition) is 3. The number of nitrogens with zero attached hydrogens (tertiary/aromatic N) is 1. The smallest absolute Gasteiger partial charge is 0.216 e. The van der Waals surface area contributed by atoms with Gasteiger partial charge in [-0.15, -0.1) is 0 Å². The molecular weight excluding hydrogens is 256 g/mol. The monoisotopic (exact) mass is 278 g/mol. The Hall–Kier alpha value is -1.16. The second-order valence-corrected chi connectivity index (χ2v) is 6.46. The summed E-state index contributed by atoms with van der Waals surface area (Å²) in [5.74, 6) is 1.07. The molecule has 2 rings (SSSR count). The van der Waals surface area contributed by atoms with Crippen molar-refractivity contribution in [2.75, 3.05) is 30.3 Å². The van der Waals surface area contributed by atoms with Crippen molar-refractivity contribution in [3.63, 3.8) is 0 Å². The minimum absolute atomic E-state index is 0.0633. The van der Waals surface area contributed by atoms with Crippen molar-refractivity contribution >= 4 is 23.4 Å². The van der Waals surface area contributed by atoms with Crippen LogP contribution >= 0.6 is 11.8 Å². The van der Waals surface area contributed by atoms with E-state index in [1.54, 1.807) is 6.92 Å². The van der Waals surface area contributed by atoms with Gasteiger partial charge in [0.05, 0.1) is 0 Å². The molecule has 0 aliphatic carbocycles. The molecule has 1 aliphatic heterocycles. The largest absolute Gasteiger partial charge is 0.370 e. The predicted octanol–water partition coefficient (Wildman–Crippen LogP) is 2.44. The SMILES string of the molecule is CC(=O)NCCSC1CCN(c2cccc(C)c2)C1. The number of amides is 1. The van der Waals surface area contributed by atoms with Crippen molar-refractivity contribution in [3.8, 4) is 0 Å². The standard InChI is InChI=1S/C15H22N2OS/c1-12-4-3-5-14(10-12)17-8-6-15(11-17)19-9-7-16-13(2)18/h3-5,10,15H,6-9,11H2,1-2H3,(H,16,18). The quantitative estimate of drug-likeness (QED) is 0.840. The summed E-state index contributed by atoms with van der Waals surface area (Å²) in [4.78, 5) is 13.2. The number of benzene rings is 1. The van der Waals surface area contributed by atoms with Crippen LogP contribution in [-0.4, -0.2) is 36.5 Å². The van der Waals surface area contributed by atoms with E-state index < -0.39 is 0 Å². The van der Waals surface area contributed by atoms with Crippen LogP contribution in [0.25, 0.3) is 0 Å². The zero-order chi connectivity index (χ0) is 13.7. The van der Waals surface area contributed by atoms with E-state index in [1.807, 2.05) is 11.8 Å². The van der Waals surface area contributed by atoms with Crippen LogP contribution in [0.3, 0.4) is 0 Å². The van der Waals surface area contributed by atoms with Crippen molar-refractivity contribution < 1.29 is 4.79 Å². The molecule has 0 saturated carbocycles. The minimum atomic E-state index is 0.0633. The van der Waals surface area contributed by atoms with E-state index in [-0.39, 0.29) is 5.91 Å². The van der Waals surface area contributed by atoms with Gasteiger partial charge < -0.3 is 10.2 Å². The van der Waals surface area contributed by atoms with Gasteiger partial charge in [0.1, 0.15) is 0 Å². The van der Waals surface area contributed by atoms with E-state index in [4.69, 9.17) is 0 Å². The molecule has 0 spiro atoms. The van der Waals surface area contributed by atoms with Crippen LogP contribution in [0, 0.1) is 6.92 Å². The summed E-state index contributed by atoms with van der Waals surface area (Å²) in [6, 6.07) is 8.71. The highest BCUT2D eigenvalue weighted by molar-refractivity contribution is 7.99. The Balaban J connectivity index is 1.75. The Morgan fingerprint density at radius 1 is 1.53 bits per heavy atom. The fourth-order valence-electron chi connectivity index (χ4n) is 2.38. The number of rotatable bonds is 5. The Morgan fingerprint density at radius 3 is 3.11 bits per heavy atom. The Labute approximate surface area is 119 Å². The number of carbonyl (C=O) groups is 1. The van der Waals surface area contributed by atoms with E-state index in [1.165, 1.54) is 17.7 Å². The first-order valence-electron chi connectivity index (χ1n) is 6.83. The van der Waals surface area contributed by atoms with E-state index in [0.717, 1.165) is 25.4 Å². The number of aryl methyl sites for hydroxylation is 1. The average molecular weight is 278 g/mol. The molecule has 1 saturated heterocycles. The lowest BCUT2D eigenvalue weighted by Crippen LogP contribution is -2.24. The van der Waals surface area contributed by atoms with Crippen molar-refractivity contribution in [2.45, 2.75) is 25.5 Å². The molecule has 1 unspecified atom stereocenters. The van der Waals surface area contributed by atoms with Gasteiger partial charge in [-0.25, -0.2) is 0 Å². The zero-order valence-electron chi connectivity index (χ0n) is 11.7. The molecule has 0 bridgehead atoms. The Morgan fingerprint density at radius 2 is 2.37 bits per heavy atom. The lowest BCUT2D eigenvalue weighted by molar-refractivity contribution is -0.118. The fraction of sp³-hybridized carbons (Fsp3) is 0.533. The third kappa shape index (κ3) is 4.46. The van der Waals surface area contributed by atoms with Crippen molar-refractivity contribution in [1.29, 1.82) is 0 Å². The van der Waals surface area contributed by atoms with Crippen LogP contribution < -0.4 is 10.2 Å². The molecule has 1 heterocycles. The predicted molar refractivity (Wildman–Crippen MR) is 82.9 cm³/mol. The van der Waals surface area contributed by atoms with E-state index in [0.29, 0.717) is 5.25 Å². The number of anilines is 1.